The fourth-order valence-corrected chi connectivity index (χ4v) is 4.28. The third-order valence-corrected chi connectivity index (χ3v) is 6.18. The average molecular weight is 392 g/mol. The fourth-order valence-electron chi connectivity index (χ4n) is 4.28. The minimum absolute atomic E-state index is 0.00767. The number of rotatable bonds is 4. The van der Waals surface area contributed by atoms with Crippen LogP contribution in [0, 0.1) is 5.41 Å². The van der Waals surface area contributed by atoms with Crippen LogP contribution in [0.25, 0.3) is 0 Å². The van der Waals surface area contributed by atoms with Crippen molar-refractivity contribution in [3.8, 4) is 0 Å². The lowest BCUT2D eigenvalue weighted by Crippen LogP contribution is -2.39. The maximum absolute atomic E-state index is 12.6. The van der Waals surface area contributed by atoms with E-state index in [0.717, 1.165) is 36.1 Å². The molecule has 5 heteroatoms. The standard InChI is InChI=1S/C24H28N2O3/c1-24(2)14-18-13-17(23(28)29-3)10-11-20(18)26-21(24)15-6-4-7-16(12-15)22(27)25-19-8-5-9-19/h4,6-7,10-13,19,21,26H,5,8-9,14H2,1-3H3,(H,25,27). The molecular weight excluding hydrogens is 364 g/mol. The molecule has 29 heavy (non-hydrogen) atoms. The number of carbonyl (C=O) groups is 2. The van der Waals surface area contributed by atoms with E-state index in [1.54, 1.807) is 6.07 Å². The highest BCUT2D eigenvalue weighted by molar-refractivity contribution is 5.94. The quantitative estimate of drug-likeness (QED) is 0.753. The maximum Gasteiger partial charge on any atom is 0.337 e. The molecule has 1 fully saturated rings. The molecule has 2 aliphatic rings. The smallest absolute Gasteiger partial charge is 0.337 e. The highest BCUT2D eigenvalue weighted by Gasteiger charge is 2.36. The van der Waals surface area contributed by atoms with Gasteiger partial charge in [0.25, 0.3) is 5.91 Å². The Morgan fingerprint density at radius 3 is 2.59 bits per heavy atom. The number of benzene rings is 2. The van der Waals surface area contributed by atoms with Crippen molar-refractivity contribution < 1.29 is 14.3 Å². The second-order valence-corrected chi connectivity index (χ2v) is 8.83. The molecule has 1 aliphatic carbocycles. The second-order valence-electron chi connectivity index (χ2n) is 8.83. The topological polar surface area (TPSA) is 67.4 Å². The zero-order valence-electron chi connectivity index (χ0n) is 17.2. The predicted molar refractivity (Wildman–Crippen MR) is 113 cm³/mol. The van der Waals surface area contributed by atoms with Crippen LogP contribution in [0.4, 0.5) is 5.69 Å². The minimum atomic E-state index is -0.321. The highest BCUT2D eigenvalue weighted by Crippen LogP contribution is 2.45. The summed E-state index contributed by atoms with van der Waals surface area (Å²) in [6.45, 7) is 4.42. The van der Waals surface area contributed by atoms with Crippen molar-refractivity contribution in [2.75, 3.05) is 12.4 Å². The first-order valence-electron chi connectivity index (χ1n) is 10.3. The summed E-state index contributed by atoms with van der Waals surface area (Å²) in [5.74, 6) is -0.314. The number of hydrogen-bond acceptors (Lipinski definition) is 4. The van der Waals surface area contributed by atoms with Gasteiger partial charge in [0.05, 0.1) is 18.7 Å². The van der Waals surface area contributed by atoms with E-state index in [4.69, 9.17) is 4.74 Å². The lowest BCUT2D eigenvalue weighted by molar-refractivity contribution is 0.0600. The van der Waals surface area contributed by atoms with Gasteiger partial charge in [0, 0.05) is 17.3 Å². The van der Waals surface area contributed by atoms with Gasteiger partial charge in [-0.1, -0.05) is 26.0 Å². The summed E-state index contributed by atoms with van der Waals surface area (Å²) in [7, 11) is 1.40. The van der Waals surface area contributed by atoms with Crippen LogP contribution in [0.15, 0.2) is 42.5 Å². The zero-order valence-corrected chi connectivity index (χ0v) is 17.2. The van der Waals surface area contributed by atoms with Crippen LogP contribution in [0.2, 0.25) is 0 Å². The van der Waals surface area contributed by atoms with Crippen LogP contribution in [-0.4, -0.2) is 25.0 Å². The van der Waals surface area contributed by atoms with Crippen LogP contribution in [0.3, 0.4) is 0 Å². The van der Waals surface area contributed by atoms with E-state index < -0.39 is 0 Å². The molecule has 152 valence electrons. The first-order chi connectivity index (χ1) is 13.9. The Kier molecular flexibility index (Phi) is 5.07. The maximum atomic E-state index is 12.6. The Hall–Kier alpha value is -2.82. The van der Waals surface area contributed by atoms with Gasteiger partial charge in [-0.2, -0.15) is 0 Å². The number of carbonyl (C=O) groups excluding carboxylic acids is 2. The lowest BCUT2D eigenvalue weighted by Gasteiger charge is -2.41. The van der Waals surface area contributed by atoms with E-state index in [0.29, 0.717) is 17.2 Å². The predicted octanol–water partition coefficient (Wildman–Crippen LogP) is 4.49. The molecule has 1 heterocycles. The minimum Gasteiger partial charge on any atom is -0.465 e. The molecule has 1 aliphatic heterocycles. The molecular formula is C24H28N2O3. The zero-order chi connectivity index (χ0) is 20.6. The van der Waals surface area contributed by atoms with E-state index in [1.807, 2.05) is 30.3 Å². The van der Waals surface area contributed by atoms with E-state index in [-0.39, 0.29) is 23.3 Å². The summed E-state index contributed by atoms with van der Waals surface area (Å²) in [6.07, 6.45) is 4.17. The number of fused-ring (bicyclic) bond motifs is 1. The number of methoxy groups -OCH3 is 1. The number of anilines is 1. The van der Waals surface area contributed by atoms with E-state index in [9.17, 15) is 9.59 Å². The second kappa shape index (κ2) is 7.54. The monoisotopic (exact) mass is 392 g/mol. The Balaban J connectivity index is 1.59. The third-order valence-electron chi connectivity index (χ3n) is 6.18. The molecule has 0 radical (unpaired) electrons. The molecule has 2 aromatic carbocycles. The summed E-state index contributed by atoms with van der Waals surface area (Å²) < 4.78 is 4.85. The Bertz CT molecular complexity index is 947. The van der Waals surface area contributed by atoms with E-state index >= 15 is 0 Å². The largest absolute Gasteiger partial charge is 0.465 e. The molecule has 4 rings (SSSR count). The van der Waals surface area contributed by atoms with Gasteiger partial charge in [0.1, 0.15) is 0 Å². The first kappa shape index (κ1) is 19.5. The molecule has 0 saturated heterocycles. The van der Waals surface area contributed by atoms with Gasteiger partial charge in [0.15, 0.2) is 0 Å². The number of nitrogens with one attached hydrogen (secondary N) is 2. The Labute approximate surface area is 171 Å². The summed E-state index contributed by atoms with van der Waals surface area (Å²) in [5, 5.41) is 6.75. The highest BCUT2D eigenvalue weighted by atomic mass is 16.5. The summed E-state index contributed by atoms with van der Waals surface area (Å²) in [5.41, 5.74) is 4.40. The van der Waals surface area contributed by atoms with Gasteiger partial charge in [-0.3, -0.25) is 4.79 Å². The molecule has 1 atom stereocenters. The molecule has 1 saturated carbocycles. The van der Waals surface area contributed by atoms with E-state index in [1.165, 1.54) is 13.5 Å². The van der Waals surface area contributed by atoms with Gasteiger partial charge in [0.2, 0.25) is 0 Å². The van der Waals surface area contributed by atoms with Crippen molar-refractivity contribution in [2.24, 2.45) is 5.41 Å². The molecule has 0 spiro atoms. The third kappa shape index (κ3) is 3.86. The van der Waals surface area contributed by atoms with Gasteiger partial charge in [-0.15, -0.1) is 0 Å². The van der Waals surface area contributed by atoms with Crippen molar-refractivity contribution in [1.29, 1.82) is 0 Å². The van der Waals surface area contributed by atoms with Crippen LogP contribution < -0.4 is 10.6 Å². The fraction of sp³-hybridized carbons (Fsp3) is 0.417. The normalized spacial score (nSPS) is 20.0. The van der Waals surface area contributed by atoms with Crippen LogP contribution in [0.1, 0.15) is 71.0 Å². The number of hydrogen-bond donors (Lipinski definition) is 2. The molecule has 2 N–H and O–H groups in total. The average Bonchev–Trinajstić information content (AvgIpc) is 2.68. The van der Waals surface area contributed by atoms with Crippen molar-refractivity contribution in [2.45, 2.75) is 51.6 Å². The van der Waals surface area contributed by atoms with Crippen LogP contribution >= 0.6 is 0 Å². The number of esters is 1. The summed E-state index contributed by atoms with van der Waals surface area (Å²) in [4.78, 5) is 24.5. The molecule has 0 bridgehead atoms. The SMILES string of the molecule is COC(=O)c1ccc2c(c1)CC(C)(C)C(c1cccc(C(=O)NC3CCC3)c1)N2. The summed E-state index contributed by atoms with van der Waals surface area (Å²) >= 11 is 0. The molecule has 5 nitrogen and oxygen atoms in total. The summed E-state index contributed by atoms with van der Waals surface area (Å²) in [6, 6.07) is 13.9. The number of amides is 1. The van der Waals surface area contributed by atoms with Crippen molar-refractivity contribution in [3.63, 3.8) is 0 Å². The lowest BCUT2D eigenvalue weighted by atomic mass is 9.72. The van der Waals surface area contributed by atoms with Crippen LogP contribution in [0.5, 0.6) is 0 Å². The van der Waals surface area contributed by atoms with Gasteiger partial charge in [-0.25, -0.2) is 4.79 Å². The van der Waals surface area contributed by atoms with Crippen molar-refractivity contribution in [1.82, 2.24) is 5.32 Å². The first-order valence-corrected chi connectivity index (χ1v) is 10.3. The Morgan fingerprint density at radius 1 is 1.10 bits per heavy atom. The Morgan fingerprint density at radius 2 is 1.90 bits per heavy atom. The molecule has 2 aromatic rings. The molecule has 1 amide bonds. The van der Waals surface area contributed by atoms with Gasteiger partial charge in [-0.05, 0) is 72.6 Å². The number of ether oxygens (including phenoxy) is 1. The van der Waals surface area contributed by atoms with Gasteiger partial charge < -0.3 is 15.4 Å². The van der Waals surface area contributed by atoms with Gasteiger partial charge >= 0.3 is 5.97 Å². The van der Waals surface area contributed by atoms with Crippen molar-refractivity contribution >= 4 is 17.6 Å². The van der Waals surface area contributed by atoms with Crippen molar-refractivity contribution in [3.05, 3.63) is 64.7 Å². The molecule has 1 unspecified atom stereocenters. The van der Waals surface area contributed by atoms with Crippen LogP contribution in [-0.2, 0) is 11.2 Å². The van der Waals surface area contributed by atoms with E-state index in [2.05, 4.69) is 30.5 Å². The molecule has 0 aromatic heterocycles.